The molecule has 100 valence electrons. The summed E-state index contributed by atoms with van der Waals surface area (Å²) in [6, 6.07) is 9.65. The molecular weight excluding hydrogens is 260 g/mol. The van der Waals surface area contributed by atoms with Gasteiger partial charge in [-0.25, -0.2) is 4.79 Å². The first-order valence-electron chi connectivity index (χ1n) is 6.14. The third-order valence-electron chi connectivity index (χ3n) is 2.93. The Morgan fingerprint density at radius 1 is 1.37 bits per heavy atom. The third kappa shape index (κ3) is 3.35. The van der Waals surface area contributed by atoms with Gasteiger partial charge in [-0.05, 0) is 37.1 Å². The first-order valence-corrected chi connectivity index (χ1v) is 6.96. The minimum atomic E-state index is -0.882. The van der Waals surface area contributed by atoms with Crippen LogP contribution in [0.2, 0.25) is 0 Å². The van der Waals surface area contributed by atoms with Gasteiger partial charge < -0.3 is 9.84 Å². The normalized spacial score (nSPS) is 10.4. The lowest BCUT2D eigenvalue weighted by molar-refractivity contribution is 0.0702. The summed E-state index contributed by atoms with van der Waals surface area (Å²) in [6.45, 7) is 4.42. The van der Waals surface area contributed by atoms with Crippen LogP contribution >= 0.6 is 11.3 Å². The second kappa shape index (κ2) is 5.89. The molecule has 0 radical (unpaired) electrons. The Hall–Kier alpha value is -1.81. The summed E-state index contributed by atoms with van der Waals surface area (Å²) in [7, 11) is 0. The summed E-state index contributed by atoms with van der Waals surface area (Å²) in [4.78, 5) is 12.2. The molecule has 4 heteroatoms. The third-order valence-corrected chi connectivity index (χ3v) is 4.01. The van der Waals surface area contributed by atoms with E-state index in [1.807, 2.05) is 25.1 Å². The van der Waals surface area contributed by atoms with Crippen LogP contribution in [0.15, 0.2) is 30.3 Å². The predicted octanol–water partition coefficient (Wildman–Crippen LogP) is 3.90. The van der Waals surface area contributed by atoms with Crippen LogP contribution in [0.25, 0.3) is 0 Å². The van der Waals surface area contributed by atoms with Gasteiger partial charge in [-0.15, -0.1) is 11.3 Å². The van der Waals surface area contributed by atoms with Crippen LogP contribution < -0.4 is 4.74 Å². The summed E-state index contributed by atoms with van der Waals surface area (Å²) in [5.41, 5.74) is 2.16. The van der Waals surface area contributed by atoms with Gasteiger partial charge in [-0.3, -0.25) is 0 Å². The van der Waals surface area contributed by atoms with Crippen molar-refractivity contribution in [2.75, 3.05) is 0 Å². The lowest BCUT2D eigenvalue weighted by Gasteiger charge is -2.07. The molecule has 3 nitrogen and oxygen atoms in total. The van der Waals surface area contributed by atoms with Crippen LogP contribution in [0.5, 0.6) is 5.75 Å². The van der Waals surface area contributed by atoms with E-state index in [0.29, 0.717) is 11.5 Å². The number of benzene rings is 1. The van der Waals surface area contributed by atoms with E-state index in [2.05, 4.69) is 13.0 Å². The molecule has 2 aromatic rings. The van der Waals surface area contributed by atoms with Crippen molar-refractivity contribution in [1.82, 2.24) is 0 Å². The van der Waals surface area contributed by atoms with Crippen molar-refractivity contribution in [3.63, 3.8) is 0 Å². The molecule has 0 unspecified atom stereocenters. The van der Waals surface area contributed by atoms with Gasteiger partial charge >= 0.3 is 5.97 Å². The minimum absolute atomic E-state index is 0.360. The molecule has 2 rings (SSSR count). The fraction of sp³-hybridized carbons (Fsp3) is 0.267. The highest BCUT2D eigenvalue weighted by molar-refractivity contribution is 7.14. The number of rotatable bonds is 5. The average molecular weight is 276 g/mol. The molecule has 0 amide bonds. The van der Waals surface area contributed by atoms with Crippen LogP contribution in [0.4, 0.5) is 0 Å². The van der Waals surface area contributed by atoms with Crippen molar-refractivity contribution in [3.8, 4) is 5.75 Å². The Morgan fingerprint density at radius 3 is 2.79 bits per heavy atom. The maximum Gasteiger partial charge on any atom is 0.345 e. The van der Waals surface area contributed by atoms with Gasteiger partial charge in [0.25, 0.3) is 0 Å². The van der Waals surface area contributed by atoms with Crippen molar-refractivity contribution in [2.24, 2.45) is 0 Å². The van der Waals surface area contributed by atoms with Gasteiger partial charge in [-0.1, -0.05) is 19.1 Å². The van der Waals surface area contributed by atoms with Crippen LogP contribution in [-0.2, 0) is 13.0 Å². The number of carboxylic acids is 1. The molecule has 0 spiro atoms. The Labute approximate surface area is 116 Å². The molecule has 1 aromatic carbocycles. The van der Waals surface area contributed by atoms with E-state index >= 15 is 0 Å². The first-order chi connectivity index (χ1) is 9.10. The summed E-state index contributed by atoms with van der Waals surface area (Å²) in [6.07, 6.45) is 0.970. The number of hydrogen-bond acceptors (Lipinski definition) is 3. The van der Waals surface area contributed by atoms with Crippen molar-refractivity contribution in [1.29, 1.82) is 0 Å². The Morgan fingerprint density at radius 2 is 2.16 bits per heavy atom. The lowest BCUT2D eigenvalue weighted by atomic mass is 10.2. The fourth-order valence-corrected chi connectivity index (χ4v) is 2.65. The van der Waals surface area contributed by atoms with E-state index in [-0.39, 0.29) is 0 Å². The zero-order valence-corrected chi connectivity index (χ0v) is 11.8. The molecule has 0 aliphatic heterocycles. The number of hydrogen-bond donors (Lipinski definition) is 1. The standard InChI is InChI=1S/C15H16O3S/c1-3-11-5-4-6-13(7-11)18-9-12-8-14(15(16)17)19-10(12)2/h4-8H,3,9H2,1-2H3,(H,16,17). The largest absolute Gasteiger partial charge is 0.489 e. The number of aromatic carboxylic acids is 1. The summed E-state index contributed by atoms with van der Waals surface area (Å²) >= 11 is 1.29. The maximum absolute atomic E-state index is 10.9. The molecule has 1 aromatic heterocycles. The molecule has 0 aliphatic rings. The smallest absolute Gasteiger partial charge is 0.345 e. The highest BCUT2D eigenvalue weighted by Gasteiger charge is 2.11. The number of ether oxygens (including phenoxy) is 1. The molecule has 0 saturated heterocycles. The molecule has 0 fully saturated rings. The average Bonchev–Trinajstić information content (AvgIpc) is 2.78. The Kier molecular flexibility index (Phi) is 4.22. The molecule has 0 aliphatic carbocycles. The fourth-order valence-electron chi connectivity index (χ4n) is 1.78. The maximum atomic E-state index is 10.9. The second-order valence-electron chi connectivity index (χ2n) is 4.29. The predicted molar refractivity (Wildman–Crippen MR) is 76.2 cm³/mol. The second-order valence-corrected chi connectivity index (χ2v) is 5.54. The van der Waals surface area contributed by atoms with Crippen LogP contribution in [-0.4, -0.2) is 11.1 Å². The number of thiophene rings is 1. The van der Waals surface area contributed by atoms with Crippen molar-refractivity contribution >= 4 is 17.3 Å². The molecule has 0 bridgehead atoms. The Bertz CT molecular complexity index is 587. The Balaban J connectivity index is 2.07. The van der Waals surface area contributed by atoms with Crippen molar-refractivity contribution in [3.05, 3.63) is 51.2 Å². The SMILES string of the molecule is CCc1cccc(OCc2cc(C(=O)O)sc2C)c1. The topological polar surface area (TPSA) is 46.5 Å². The van der Waals surface area contributed by atoms with Crippen LogP contribution in [0.3, 0.4) is 0 Å². The molecule has 19 heavy (non-hydrogen) atoms. The quantitative estimate of drug-likeness (QED) is 0.901. The van der Waals surface area contributed by atoms with Gasteiger partial charge in [0.2, 0.25) is 0 Å². The highest BCUT2D eigenvalue weighted by Crippen LogP contribution is 2.23. The lowest BCUT2D eigenvalue weighted by Crippen LogP contribution is -1.96. The van der Waals surface area contributed by atoms with Gasteiger partial charge in [0.1, 0.15) is 17.2 Å². The number of carboxylic acid groups (broad SMARTS) is 1. The van der Waals surface area contributed by atoms with Crippen molar-refractivity contribution in [2.45, 2.75) is 26.9 Å². The first kappa shape index (κ1) is 13.6. The van der Waals surface area contributed by atoms with Gasteiger partial charge in [0, 0.05) is 10.4 Å². The van der Waals surface area contributed by atoms with Crippen LogP contribution in [0, 0.1) is 6.92 Å². The summed E-state index contributed by atoms with van der Waals surface area (Å²) in [5.74, 6) is -0.0610. The molecule has 1 heterocycles. The molecule has 0 saturated carbocycles. The zero-order valence-electron chi connectivity index (χ0n) is 11.0. The van der Waals surface area contributed by atoms with E-state index in [1.165, 1.54) is 16.9 Å². The van der Waals surface area contributed by atoms with E-state index in [9.17, 15) is 4.79 Å². The molecule has 1 N–H and O–H groups in total. The van der Waals surface area contributed by atoms with Gasteiger partial charge in [-0.2, -0.15) is 0 Å². The molecular formula is C15H16O3S. The number of carbonyl (C=O) groups is 1. The van der Waals surface area contributed by atoms with Gasteiger partial charge in [0.15, 0.2) is 0 Å². The zero-order chi connectivity index (χ0) is 13.8. The number of aryl methyl sites for hydroxylation is 2. The minimum Gasteiger partial charge on any atom is -0.489 e. The van der Waals surface area contributed by atoms with Gasteiger partial charge in [0.05, 0.1) is 0 Å². The van der Waals surface area contributed by atoms with Crippen LogP contribution in [0.1, 0.15) is 32.6 Å². The monoisotopic (exact) mass is 276 g/mol. The van der Waals surface area contributed by atoms with E-state index in [0.717, 1.165) is 22.6 Å². The molecule has 0 atom stereocenters. The van der Waals surface area contributed by atoms with Crippen molar-refractivity contribution < 1.29 is 14.6 Å². The highest BCUT2D eigenvalue weighted by atomic mass is 32.1. The summed E-state index contributed by atoms with van der Waals surface area (Å²) in [5, 5.41) is 8.95. The summed E-state index contributed by atoms with van der Waals surface area (Å²) < 4.78 is 5.72. The van der Waals surface area contributed by atoms with E-state index < -0.39 is 5.97 Å². The van der Waals surface area contributed by atoms with E-state index in [4.69, 9.17) is 9.84 Å². The van der Waals surface area contributed by atoms with E-state index in [1.54, 1.807) is 6.07 Å².